The first-order valence-corrected chi connectivity index (χ1v) is 9.64. The SMILES string of the molecule is CCC1(c2ccc(OC)c(OC)c2)NCCc2c1[nH]c1cc(C)c(C)cc21. The largest absolute Gasteiger partial charge is 0.493 e. The average Bonchev–Trinajstić information content (AvgIpc) is 3.05. The van der Waals surface area contributed by atoms with E-state index in [4.69, 9.17) is 9.47 Å². The predicted molar refractivity (Wildman–Crippen MR) is 110 cm³/mol. The highest BCUT2D eigenvalue weighted by atomic mass is 16.5. The summed E-state index contributed by atoms with van der Waals surface area (Å²) >= 11 is 0. The molecule has 27 heavy (non-hydrogen) atoms. The van der Waals surface area contributed by atoms with Crippen molar-refractivity contribution in [2.24, 2.45) is 0 Å². The van der Waals surface area contributed by atoms with Crippen molar-refractivity contribution < 1.29 is 9.47 Å². The predicted octanol–water partition coefficient (Wildman–Crippen LogP) is 4.60. The van der Waals surface area contributed by atoms with Crippen LogP contribution in [0.5, 0.6) is 11.5 Å². The van der Waals surface area contributed by atoms with Crippen LogP contribution in [0.4, 0.5) is 0 Å². The van der Waals surface area contributed by atoms with Crippen LogP contribution in [0.15, 0.2) is 30.3 Å². The summed E-state index contributed by atoms with van der Waals surface area (Å²) < 4.78 is 11.0. The van der Waals surface area contributed by atoms with E-state index in [-0.39, 0.29) is 5.54 Å². The van der Waals surface area contributed by atoms with E-state index in [9.17, 15) is 0 Å². The van der Waals surface area contributed by atoms with Crippen molar-refractivity contribution in [2.45, 2.75) is 39.2 Å². The summed E-state index contributed by atoms with van der Waals surface area (Å²) in [4.78, 5) is 3.76. The topological polar surface area (TPSA) is 46.3 Å². The van der Waals surface area contributed by atoms with Crippen molar-refractivity contribution >= 4 is 10.9 Å². The summed E-state index contributed by atoms with van der Waals surface area (Å²) in [6.07, 6.45) is 1.98. The standard InChI is InChI=1S/C23H28N2O2/c1-6-23(16-7-8-20(26-4)21(13-16)27-5)22-17(9-10-24-23)18-11-14(2)15(3)12-19(18)25-22/h7-8,11-13,24-25H,6,9-10H2,1-5H3. The van der Waals surface area contributed by atoms with Gasteiger partial charge in [0, 0.05) is 23.1 Å². The normalized spacial score (nSPS) is 19.1. The second-order valence-corrected chi connectivity index (χ2v) is 7.47. The number of aryl methyl sites for hydroxylation is 2. The molecular formula is C23H28N2O2. The van der Waals surface area contributed by atoms with E-state index in [2.05, 4.69) is 55.3 Å². The molecule has 1 aromatic heterocycles. The molecule has 3 aromatic rings. The molecule has 2 aromatic carbocycles. The number of benzene rings is 2. The van der Waals surface area contributed by atoms with Crippen LogP contribution in [-0.2, 0) is 12.0 Å². The Kier molecular flexibility index (Phi) is 4.39. The first kappa shape index (κ1) is 17.9. The highest BCUT2D eigenvalue weighted by molar-refractivity contribution is 5.87. The van der Waals surface area contributed by atoms with Gasteiger partial charge in [0.25, 0.3) is 0 Å². The van der Waals surface area contributed by atoms with Gasteiger partial charge >= 0.3 is 0 Å². The van der Waals surface area contributed by atoms with Crippen molar-refractivity contribution in [2.75, 3.05) is 20.8 Å². The van der Waals surface area contributed by atoms with Crippen molar-refractivity contribution in [3.63, 3.8) is 0 Å². The Labute approximate surface area is 160 Å². The minimum Gasteiger partial charge on any atom is -0.493 e. The molecule has 4 rings (SSSR count). The van der Waals surface area contributed by atoms with Crippen molar-refractivity contribution in [1.29, 1.82) is 0 Å². The molecule has 0 saturated carbocycles. The van der Waals surface area contributed by atoms with Gasteiger partial charge in [-0.1, -0.05) is 13.0 Å². The van der Waals surface area contributed by atoms with Gasteiger partial charge in [0.15, 0.2) is 11.5 Å². The fourth-order valence-electron chi connectivity index (χ4n) is 4.48. The van der Waals surface area contributed by atoms with Crippen LogP contribution in [0, 0.1) is 13.8 Å². The van der Waals surface area contributed by atoms with E-state index in [0.29, 0.717) is 0 Å². The lowest BCUT2D eigenvalue weighted by Gasteiger charge is -2.38. The van der Waals surface area contributed by atoms with E-state index >= 15 is 0 Å². The minimum atomic E-state index is -0.256. The number of methoxy groups -OCH3 is 2. The molecule has 0 radical (unpaired) electrons. The molecule has 0 fully saturated rings. The van der Waals surface area contributed by atoms with Gasteiger partial charge in [-0.15, -0.1) is 0 Å². The highest BCUT2D eigenvalue weighted by Crippen LogP contribution is 2.43. The average molecular weight is 364 g/mol. The Morgan fingerprint density at radius 2 is 1.74 bits per heavy atom. The van der Waals surface area contributed by atoms with Crippen LogP contribution >= 0.6 is 0 Å². The third kappa shape index (κ3) is 2.62. The molecular weight excluding hydrogens is 336 g/mol. The zero-order chi connectivity index (χ0) is 19.2. The van der Waals surface area contributed by atoms with Crippen LogP contribution in [0.2, 0.25) is 0 Å². The van der Waals surface area contributed by atoms with E-state index in [0.717, 1.165) is 30.9 Å². The second-order valence-electron chi connectivity index (χ2n) is 7.47. The zero-order valence-electron chi connectivity index (χ0n) is 16.8. The van der Waals surface area contributed by atoms with Gasteiger partial charge in [0.1, 0.15) is 0 Å². The Balaban J connectivity index is 1.95. The molecule has 0 saturated heterocycles. The maximum absolute atomic E-state index is 5.57. The maximum Gasteiger partial charge on any atom is 0.161 e. The summed E-state index contributed by atoms with van der Waals surface area (Å²) in [5, 5.41) is 5.16. The number of aromatic amines is 1. The Morgan fingerprint density at radius 3 is 2.44 bits per heavy atom. The maximum atomic E-state index is 5.57. The number of hydrogen-bond acceptors (Lipinski definition) is 3. The van der Waals surface area contributed by atoms with Gasteiger partial charge in [0.05, 0.1) is 19.8 Å². The molecule has 1 aliphatic rings. The monoisotopic (exact) mass is 364 g/mol. The fourth-order valence-corrected chi connectivity index (χ4v) is 4.48. The third-order valence-corrected chi connectivity index (χ3v) is 6.16. The lowest BCUT2D eigenvalue weighted by atomic mass is 9.79. The lowest BCUT2D eigenvalue weighted by molar-refractivity contribution is 0.342. The lowest BCUT2D eigenvalue weighted by Crippen LogP contribution is -2.47. The van der Waals surface area contributed by atoms with Gasteiger partial charge in [-0.05, 0) is 73.2 Å². The molecule has 1 aliphatic heterocycles. The molecule has 4 nitrogen and oxygen atoms in total. The van der Waals surface area contributed by atoms with Crippen LogP contribution < -0.4 is 14.8 Å². The molecule has 0 aliphatic carbocycles. The number of ether oxygens (including phenoxy) is 2. The van der Waals surface area contributed by atoms with E-state index < -0.39 is 0 Å². The molecule has 0 amide bonds. The summed E-state index contributed by atoms with van der Waals surface area (Å²) in [6, 6.07) is 10.9. The van der Waals surface area contributed by atoms with E-state index in [1.165, 1.54) is 38.9 Å². The number of aromatic nitrogens is 1. The summed E-state index contributed by atoms with van der Waals surface area (Å²) in [7, 11) is 3.36. The van der Waals surface area contributed by atoms with Gasteiger partial charge in [-0.25, -0.2) is 0 Å². The first-order valence-electron chi connectivity index (χ1n) is 9.64. The third-order valence-electron chi connectivity index (χ3n) is 6.16. The number of hydrogen-bond donors (Lipinski definition) is 2. The van der Waals surface area contributed by atoms with Crippen LogP contribution in [0.3, 0.4) is 0 Å². The first-order chi connectivity index (χ1) is 13.0. The van der Waals surface area contributed by atoms with E-state index in [1.54, 1.807) is 14.2 Å². The molecule has 1 unspecified atom stereocenters. The summed E-state index contributed by atoms with van der Waals surface area (Å²) in [6.45, 7) is 7.56. The molecule has 0 spiro atoms. The number of nitrogens with one attached hydrogen (secondary N) is 2. The van der Waals surface area contributed by atoms with Crippen molar-refractivity contribution in [3.8, 4) is 11.5 Å². The van der Waals surface area contributed by atoms with Gasteiger partial charge in [-0.2, -0.15) is 0 Å². The molecule has 4 heteroatoms. The zero-order valence-corrected chi connectivity index (χ0v) is 16.8. The summed E-state index contributed by atoms with van der Waals surface area (Å²) in [5.41, 5.74) is 7.55. The van der Waals surface area contributed by atoms with Crippen LogP contribution in [0.1, 0.15) is 41.3 Å². The Bertz CT molecular complexity index is 1010. The molecule has 1 atom stereocenters. The van der Waals surface area contributed by atoms with E-state index in [1.807, 2.05) is 6.07 Å². The minimum absolute atomic E-state index is 0.256. The Hall–Kier alpha value is -2.46. The van der Waals surface area contributed by atoms with Crippen molar-refractivity contribution in [1.82, 2.24) is 10.3 Å². The molecule has 2 N–H and O–H groups in total. The van der Waals surface area contributed by atoms with Crippen molar-refractivity contribution in [3.05, 3.63) is 58.3 Å². The van der Waals surface area contributed by atoms with Gasteiger partial charge in [0.2, 0.25) is 0 Å². The Morgan fingerprint density at radius 1 is 1.00 bits per heavy atom. The second kappa shape index (κ2) is 6.61. The van der Waals surface area contributed by atoms with Crippen LogP contribution in [-0.4, -0.2) is 25.7 Å². The van der Waals surface area contributed by atoms with Crippen LogP contribution in [0.25, 0.3) is 10.9 Å². The summed E-state index contributed by atoms with van der Waals surface area (Å²) in [5.74, 6) is 1.52. The van der Waals surface area contributed by atoms with Gasteiger partial charge in [-0.3, -0.25) is 0 Å². The quantitative estimate of drug-likeness (QED) is 0.711. The number of H-pyrrole nitrogens is 1. The fraction of sp³-hybridized carbons (Fsp3) is 0.391. The number of rotatable bonds is 4. The van der Waals surface area contributed by atoms with Gasteiger partial charge < -0.3 is 19.8 Å². The molecule has 2 heterocycles. The highest BCUT2D eigenvalue weighted by Gasteiger charge is 2.39. The molecule has 0 bridgehead atoms. The molecule has 142 valence electrons. The number of fused-ring (bicyclic) bond motifs is 3. The smallest absolute Gasteiger partial charge is 0.161 e.